The van der Waals surface area contributed by atoms with Crippen LogP contribution in [0.3, 0.4) is 0 Å². The molecule has 1 N–H and O–H groups in total. The normalized spacial score (nSPS) is 12.3. The van der Waals surface area contributed by atoms with Crippen molar-refractivity contribution in [1.82, 2.24) is 10.3 Å². The smallest absolute Gasteiger partial charge is 0.262 e. The predicted octanol–water partition coefficient (Wildman–Crippen LogP) is 2.87. The third-order valence-electron chi connectivity index (χ3n) is 3.03. The fourth-order valence-electron chi connectivity index (χ4n) is 1.87. The average molecular weight is 277 g/mol. The Bertz CT molecular complexity index is 672. The minimum Gasteiger partial charge on any atom is -0.345 e. The monoisotopic (exact) mass is 277 g/mol. The molecule has 0 bridgehead atoms. The Hall–Kier alpha value is -2.93. The molecule has 0 unspecified atom stereocenters. The van der Waals surface area contributed by atoms with E-state index in [0.717, 1.165) is 11.1 Å². The number of hydrogen-bond donors (Lipinski definition) is 1. The fraction of sp³-hybridized carbons (Fsp3) is 0.118. The second-order valence-corrected chi connectivity index (χ2v) is 4.56. The Labute approximate surface area is 123 Å². The third kappa shape index (κ3) is 4.02. The van der Waals surface area contributed by atoms with Crippen LogP contribution >= 0.6 is 0 Å². The number of hydrogen-bond acceptors (Lipinski definition) is 3. The van der Waals surface area contributed by atoms with Crippen LogP contribution in [0.2, 0.25) is 0 Å². The largest absolute Gasteiger partial charge is 0.345 e. The summed E-state index contributed by atoms with van der Waals surface area (Å²) in [5.41, 5.74) is 1.83. The van der Waals surface area contributed by atoms with Gasteiger partial charge < -0.3 is 5.32 Å². The zero-order chi connectivity index (χ0) is 15.1. The van der Waals surface area contributed by atoms with Crippen molar-refractivity contribution in [2.24, 2.45) is 0 Å². The first-order chi connectivity index (χ1) is 10.2. The molecular formula is C17H15N3O. The van der Waals surface area contributed by atoms with Gasteiger partial charge in [-0.05, 0) is 36.3 Å². The van der Waals surface area contributed by atoms with Gasteiger partial charge in [-0.1, -0.05) is 30.3 Å². The first-order valence-electron chi connectivity index (χ1n) is 6.58. The number of nitrogens with zero attached hydrogens (tertiary/aromatic N) is 2. The van der Waals surface area contributed by atoms with E-state index in [-0.39, 0.29) is 17.5 Å². The van der Waals surface area contributed by atoms with Crippen molar-refractivity contribution in [3.8, 4) is 6.07 Å². The number of pyridine rings is 1. The molecule has 104 valence electrons. The van der Waals surface area contributed by atoms with E-state index >= 15 is 0 Å². The van der Waals surface area contributed by atoms with E-state index in [1.165, 1.54) is 0 Å². The van der Waals surface area contributed by atoms with Crippen molar-refractivity contribution in [3.05, 3.63) is 71.6 Å². The highest BCUT2D eigenvalue weighted by Gasteiger charge is 2.13. The third-order valence-corrected chi connectivity index (χ3v) is 3.03. The van der Waals surface area contributed by atoms with Crippen LogP contribution in [0.4, 0.5) is 0 Å². The summed E-state index contributed by atoms with van der Waals surface area (Å²) in [5.74, 6) is -0.384. The van der Waals surface area contributed by atoms with Crippen LogP contribution in [0.1, 0.15) is 24.1 Å². The topological polar surface area (TPSA) is 65.8 Å². The molecule has 2 rings (SSSR count). The minimum atomic E-state index is -0.384. The Morgan fingerprint density at radius 3 is 2.52 bits per heavy atom. The van der Waals surface area contributed by atoms with Gasteiger partial charge in [0.05, 0.1) is 6.04 Å². The number of aromatic nitrogens is 1. The summed E-state index contributed by atoms with van der Waals surface area (Å²) in [5, 5.41) is 12.0. The number of rotatable bonds is 4. The molecule has 0 saturated carbocycles. The molecule has 0 aliphatic carbocycles. The lowest BCUT2D eigenvalue weighted by atomic mass is 10.1. The van der Waals surface area contributed by atoms with Gasteiger partial charge in [0.1, 0.15) is 11.6 Å². The van der Waals surface area contributed by atoms with Crippen LogP contribution in [-0.2, 0) is 4.79 Å². The Morgan fingerprint density at radius 1 is 1.24 bits per heavy atom. The second-order valence-electron chi connectivity index (χ2n) is 4.56. The first kappa shape index (κ1) is 14.5. The Kier molecular flexibility index (Phi) is 4.84. The van der Waals surface area contributed by atoms with Crippen LogP contribution < -0.4 is 5.32 Å². The van der Waals surface area contributed by atoms with Gasteiger partial charge in [-0.25, -0.2) is 0 Å². The zero-order valence-corrected chi connectivity index (χ0v) is 11.7. The van der Waals surface area contributed by atoms with Crippen molar-refractivity contribution < 1.29 is 4.79 Å². The molecule has 0 radical (unpaired) electrons. The van der Waals surface area contributed by atoms with Gasteiger partial charge in [0.2, 0.25) is 0 Å². The molecule has 1 heterocycles. The Morgan fingerprint density at radius 2 is 1.90 bits per heavy atom. The molecule has 2 aromatic rings. The average Bonchev–Trinajstić information content (AvgIpc) is 2.54. The van der Waals surface area contributed by atoms with E-state index in [4.69, 9.17) is 5.26 Å². The molecule has 0 spiro atoms. The Balaban J connectivity index is 2.11. The SMILES string of the molecule is C[C@@H](NC(=O)/C(C#N)=C/c1ccncc1)c1ccccc1. The molecule has 4 heteroatoms. The number of nitrogens with one attached hydrogen (secondary N) is 1. The predicted molar refractivity (Wildman–Crippen MR) is 80.8 cm³/mol. The maximum absolute atomic E-state index is 12.1. The second kappa shape index (κ2) is 7.01. The van der Waals surface area contributed by atoms with Crippen LogP contribution in [-0.4, -0.2) is 10.9 Å². The maximum Gasteiger partial charge on any atom is 0.262 e. The fourth-order valence-corrected chi connectivity index (χ4v) is 1.87. The number of nitriles is 1. The first-order valence-corrected chi connectivity index (χ1v) is 6.58. The zero-order valence-electron chi connectivity index (χ0n) is 11.7. The molecule has 0 saturated heterocycles. The van der Waals surface area contributed by atoms with E-state index in [2.05, 4.69) is 10.3 Å². The lowest BCUT2D eigenvalue weighted by molar-refractivity contribution is -0.117. The van der Waals surface area contributed by atoms with Crippen LogP contribution in [0, 0.1) is 11.3 Å². The number of benzene rings is 1. The van der Waals surface area contributed by atoms with E-state index in [1.54, 1.807) is 30.6 Å². The molecule has 1 aromatic heterocycles. The molecule has 0 aliphatic heterocycles. The highest BCUT2D eigenvalue weighted by Crippen LogP contribution is 2.13. The lowest BCUT2D eigenvalue weighted by Crippen LogP contribution is -2.27. The van der Waals surface area contributed by atoms with Gasteiger partial charge in [-0.15, -0.1) is 0 Å². The van der Waals surface area contributed by atoms with Gasteiger partial charge >= 0.3 is 0 Å². The molecule has 1 amide bonds. The number of carbonyl (C=O) groups is 1. The van der Waals surface area contributed by atoms with Gasteiger partial charge in [0.15, 0.2) is 0 Å². The van der Waals surface area contributed by atoms with E-state index in [0.29, 0.717) is 0 Å². The van der Waals surface area contributed by atoms with Crippen molar-refractivity contribution in [2.45, 2.75) is 13.0 Å². The van der Waals surface area contributed by atoms with Gasteiger partial charge in [0.25, 0.3) is 5.91 Å². The molecule has 0 aliphatic rings. The van der Waals surface area contributed by atoms with Gasteiger partial charge in [-0.3, -0.25) is 9.78 Å². The molecule has 1 aromatic carbocycles. The van der Waals surface area contributed by atoms with E-state index < -0.39 is 0 Å². The van der Waals surface area contributed by atoms with Gasteiger partial charge in [0, 0.05) is 12.4 Å². The van der Waals surface area contributed by atoms with Crippen LogP contribution in [0.15, 0.2) is 60.4 Å². The van der Waals surface area contributed by atoms with Crippen LogP contribution in [0.5, 0.6) is 0 Å². The standard InChI is InChI=1S/C17H15N3O/c1-13(15-5-3-2-4-6-15)20-17(21)16(12-18)11-14-7-9-19-10-8-14/h2-11,13H,1H3,(H,20,21)/b16-11+/t13-/m1/s1. The summed E-state index contributed by atoms with van der Waals surface area (Å²) in [7, 11) is 0. The molecule has 1 atom stereocenters. The molecular weight excluding hydrogens is 262 g/mol. The molecule has 4 nitrogen and oxygen atoms in total. The van der Waals surface area contributed by atoms with Crippen molar-refractivity contribution in [1.29, 1.82) is 5.26 Å². The van der Waals surface area contributed by atoms with Crippen molar-refractivity contribution in [3.63, 3.8) is 0 Å². The maximum atomic E-state index is 12.1. The van der Waals surface area contributed by atoms with E-state index in [1.807, 2.05) is 43.3 Å². The summed E-state index contributed by atoms with van der Waals surface area (Å²) in [4.78, 5) is 16.0. The summed E-state index contributed by atoms with van der Waals surface area (Å²) >= 11 is 0. The molecule has 21 heavy (non-hydrogen) atoms. The summed E-state index contributed by atoms with van der Waals surface area (Å²) in [6, 6.07) is 14.9. The quantitative estimate of drug-likeness (QED) is 0.690. The minimum absolute atomic E-state index is 0.0731. The summed E-state index contributed by atoms with van der Waals surface area (Å²) < 4.78 is 0. The highest BCUT2D eigenvalue weighted by molar-refractivity contribution is 6.01. The number of amides is 1. The molecule has 0 fully saturated rings. The van der Waals surface area contributed by atoms with Crippen molar-refractivity contribution >= 4 is 12.0 Å². The summed E-state index contributed by atoms with van der Waals surface area (Å²) in [6.07, 6.45) is 4.78. The van der Waals surface area contributed by atoms with E-state index in [9.17, 15) is 4.79 Å². The highest BCUT2D eigenvalue weighted by atomic mass is 16.1. The van der Waals surface area contributed by atoms with Crippen molar-refractivity contribution in [2.75, 3.05) is 0 Å². The summed E-state index contributed by atoms with van der Waals surface area (Å²) in [6.45, 7) is 1.88. The van der Waals surface area contributed by atoms with Crippen LogP contribution in [0.25, 0.3) is 6.08 Å². The number of carbonyl (C=O) groups excluding carboxylic acids is 1. The lowest BCUT2D eigenvalue weighted by Gasteiger charge is -2.13. The van der Waals surface area contributed by atoms with Gasteiger partial charge in [-0.2, -0.15) is 5.26 Å².